The lowest BCUT2D eigenvalue weighted by Crippen LogP contribution is -2.29. The number of hydrogen-bond donors (Lipinski definition) is 1. The molecule has 21 heavy (non-hydrogen) atoms. The van der Waals surface area contributed by atoms with E-state index in [0.717, 1.165) is 31.6 Å². The number of hydrogen-bond acceptors (Lipinski definition) is 4. The monoisotopic (exact) mass is 303 g/mol. The van der Waals surface area contributed by atoms with Gasteiger partial charge in [0.25, 0.3) is 0 Å². The molecule has 1 N–H and O–H groups in total. The molecule has 1 aliphatic heterocycles. The smallest absolute Gasteiger partial charge is 0.376 e. The summed E-state index contributed by atoms with van der Waals surface area (Å²) in [4.78, 5) is 5.95. The van der Waals surface area contributed by atoms with E-state index in [1.807, 2.05) is 6.92 Å². The maximum Gasteiger partial charge on any atom is 0.416 e. The van der Waals surface area contributed by atoms with Gasteiger partial charge in [0.15, 0.2) is 0 Å². The number of nitrogens with one attached hydrogen (secondary N) is 1. The van der Waals surface area contributed by atoms with E-state index in [-0.39, 0.29) is 11.9 Å². The van der Waals surface area contributed by atoms with Gasteiger partial charge in [0.2, 0.25) is 0 Å². The molecule has 0 spiro atoms. The molecular formula is C14H20F3N3O. The van der Waals surface area contributed by atoms with Gasteiger partial charge in [-0.05, 0) is 31.9 Å². The van der Waals surface area contributed by atoms with Crippen molar-refractivity contribution in [2.24, 2.45) is 0 Å². The van der Waals surface area contributed by atoms with Crippen LogP contribution in [0.1, 0.15) is 25.3 Å². The van der Waals surface area contributed by atoms with Crippen LogP contribution in [0.3, 0.4) is 0 Å². The van der Waals surface area contributed by atoms with Gasteiger partial charge in [-0.1, -0.05) is 0 Å². The molecule has 7 heteroatoms. The largest absolute Gasteiger partial charge is 0.416 e. The highest BCUT2D eigenvalue weighted by molar-refractivity contribution is 5.51. The second-order valence-electron chi connectivity index (χ2n) is 5.14. The van der Waals surface area contributed by atoms with E-state index in [4.69, 9.17) is 4.74 Å². The zero-order valence-corrected chi connectivity index (χ0v) is 12.2. The van der Waals surface area contributed by atoms with E-state index in [1.54, 1.807) is 11.9 Å². The Kier molecular flexibility index (Phi) is 4.92. The summed E-state index contributed by atoms with van der Waals surface area (Å²) >= 11 is 0. The zero-order valence-electron chi connectivity index (χ0n) is 12.2. The molecule has 1 fully saturated rings. The minimum absolute atomic E-state index is 0.0638. The summed E-state index contributed by atoms with van der Waals surface area (Å²) in [6.45, 7) is 3.60. The molecule has 1 unspecified atom stereocenters. The molecule has 0 aliphatic carbocycles. The number of likely N-dealkylation sites (N-methyl/N-ethyl adjacent to an activating group) is 1. The summed E-state index contributed by atoms with van der Waals surface area (Å²) in [5.41, 5.74) is -0.692. The Morgan fingerprint density at radius 2 is 2.19 bits per heavy atom. The van der Waals surface area contributed by atoms with Gasteiger partial charge < -0.3 is 15.0 Å². The van der Waals surface area contributed by atoms with Crippen molar-refractivity contribution in [3.63, 3.8) is 0 Å². The van der Waals surface area contributed by atoms with E-state index in [0.29, 0.717) is 18.9 Å². The third-order valence-electron chi connectivity index (χ3n) is 3.39. The standard InChI is InChI=1S/C14H20F3N3O/c1-3-18-12-7-10(14(15,16)17)8-13(19-12)20(2)9-11-5-4-6-21-11/h7-8,11H,3-6,9H2,1-2H3,(H,18,19). The van der Waals surface area contributed by atoms with Gasteiger partial charge in [0.05, 0.1) is 11.7 Å². The fourth-order valence-corrected chi connectivity index (χ4v) is 2.33. The lowest BCUT2D eigenvalue weighted by Gasteiger charge is -2.23. The zero-order chi connectivity index (χ0) is 15.5. The van der Waals surface area contributed by atoms with Crippen molar-refractivity contribution in [1.82, 2.24) is 4.98 Å². The third kappa shape index (κ3) is 4.23. The fraction of sp³-hybridized carbons (Fsp3) is 0.643. The SMILES string of the molecule is CCNc1cc(C(F)(F)F)cc(N(C)CC2CCCO2)n1. The number of anilines is 2. The Morgan fingerprint density at radius 3 is 2.76 bits per heavy atom. The van der Waals surface area contributed by atoms with Crippen LogP contribution in [0.4, 0.5) is 24.8 Å². The quantitative estimate of drug-likeness (QED) is 0.907. The van der Waals surface area contributed by atoms with Crippen LogP contribution in [0.15, 0.2) is 12.1 Å². The van der Waals surface area contributed by atoms with Crippen LogP contribution in [0.2, 0.25) is 0 Å². The van der Waals surface area contributed by atoms with Gasteiger partial charge in [0.1, 0.15) is 11.6 Å². The van der Waals surface area contributed by atoms with Crippen LogP contribution in [0.5, 0.6) is 0 Å². The lowest BCUT2D eigenvalue weighted by molar-refractivity contribution is -0.137. The van der Waals surface area contributed by atoms with Crippen molar-refractivity contribution in [3.05, 3.63) is 17.7 Å². The van der Waals surface area contributed by atoms with Crippen LogP contribution >= 0.6 is 0 Å². The molecule has 4 nitrogen and oxygen atoms in total. The first-order chi connectivity index (χ1) is 9.90. The van der Waals surface area contributed by atoms with Crippen LogP contribution in [-0.2, 0) is 10.9 Å². The highest BCUT2D eigenvalue weighted by atomic mass is 19.4. The Hall–Kier alpha value is -1.50. The number of halogens is 3. The van der Waals surface area contributed by atoms with Crippen molar-refractivity contribution in [1.29, 1.82) is 0 Å². The summed E-state index contributed by atoms with van der Waals surface area (Å²) in [6.07, 6.45) is -2.39. The van der Waals surface area contributed by atoms with Crippen LogP contribution in [0, 0.1) is 0 Å². The van der Waals surface area contributed by atoms with Crippen LogP contribution < -0.4 is 10.2 Å². The molecular weight excluding hydrogens is 283 g/mol. The maximum atomic E-state index is 13.0. The van der Waals surface area contributed by atoms with Crippen molar-refractivity contribution >= 4 is 11.6 Å². The lowest BCUT2D eigenvalue weighted by atomic mass is 10.2. The van der Waals surface area contributed by atoms with Crippen molar-refractivity contribution in [2.45, 2.75) is 32.0 Å². The van der Waals surface area contributed by atoms with Crippen molar-refractivity contribution < 1.29 is 17.9 Å². The van der Waals surface area contributed by atoms with Crippen molar-refractivity contribution in [3.8, 4) is 0 Å². The molecule has 2 rings (SSSR count). The van der Waals surface area contributed by atoms with E-state index >= 15 is 0 Å². The number of aromatic nitrogens is 1. The first-order valence-corrected chi connectivity index (χ1v) is 7.06. The Balaban J connectivity index is 2.21. The molecule has 0 bridgehead atoms. The first kappa shape index (κ1) is 15.9. The predicted molar refractivity (Wildman–Crippen MR) is 75.6 cm³/mol. The van der Waals surface area contributed by atoms with E-state index in [1.165, 1.54) is 0 Å². The van der Waals surface area contributed by atoms with Gasteiger partial charge >= 0.3 is 6.18 Å². The van der Waals surface area contributed by atoms with Gasteiger partial charge in [0, 0.05) is 26.7 Å². The summed E-state index contributed by atoms with van der Waals surface area (Å²) in [5.74, 6) is 0.540. The average molecular weight is 303 g/mol. The summed E-state index contributed by atoms with van der Waals surface area (Å²) in [5, 5.41) is 2.84. The minimum atomic E-state index is -4.38. The number of pyridine rings is 1. The molecule has 0 saturated carbocycles. The van der Waals surface area contributed by atoms with Crippen LogP contribution in [-0.4, -0.2) is 37.8 Å². The van der Waals surface area contributed by atoms with Crippen molar-refractivity contribution in [2.75, 3.05) is 37.0 Å². The summed E-state index contributed by atoms with van der Waals surface area (Å²) in [7, 11) is 1.74. The van der Waals surface area contributed by atoms with Gasteiger partial charge in [-0.2, -0.15) is 13.2 Å². The molecule has 2 heterocycles. The molecule has 1 atom stereocenters. The molecule has 118 valence electrons. The predicted octanol–water partition coefficient (Wildman–Crippen LogP) is 3.15. The van der Waals surface area contributed by atoms with E-state index in [2.05, 4.69) is 10.3 Å². The molecule has 1 aromatic rings. The second-order valence-corrected chi connectivity index (χ2v) is 5.14. The average Bonchev–Trinajstić information content (AvgIpc) is 2.90. The summed E-state index contributed by atoms with van der Waals surface area (Å²) < 4.78 is 44.4. The van der Waals surface area contributed by atoms with Gasteiger partial charge in [-0.25, -0.2) is 4.98 Å². The molecule has 1 aromatic heterocycles. The minimum Gasteiger partial charge on any atom is -0.376 e. The Bertz CT molecular complexity index is 473. The molecule has 1 saturated heterocycles. The van der Waals surface area contributed by atoms with E-state index < -0.39 is 11.7 Å². The Morgan fingerprint density at radius 1 is 1.43 bits per heavy atom. The molecule has 0 radical (unpaired) electrons. The number of ether oxygens (including phenoxy) is 1. The molecule has 0 aromatic carbocycles. The van der Waals surface area contributed by atoms with Gasteiger partial charge in [-0.15, -0.1) is 0 Å². The third-order valence-corrected chi connectivity index (χ3v) is 3.39. The normalized spacial score (nSPS) is 18.8. The van der Waals surface area contributed by atoms with Crippen LogP contribution in [0.25, 0.3) is 0 Å². The highest BCUT2D eigenvalue weighted by Gasteiger charge is 2.32. The Labute approximate surface area is 122 Å². The highest BCUT2D eigenvalue weighted by Crippen LogP contribution is 2.33. The topological polar surface area (TPSA) is 37.4 Å². The number of rotatable bonds is 5. The first-order valence-electron chi connectivity index (χ1n) is 7.06. The number of alkyl halides is 3. The maximum absolute atomic E-state index is 13.0. The summed E-state index contributed by atoms with van der Waals surface area (Å²) in [6, 6.07) is 2.11. The fourth-order valence-electron chi connectivity index (χ4n) is 2.33. The second kappa shape index (κ2) is 6.51. The van der Waals surface area contributed by atoms with Gasteiger partial charge in [-0.3, -0.25) is 0 Å². The molecule has 0 amide bonds. The van der Waals surface area contributed by atoms with E-state index in [9.17, 15) is 13.2 Å². The molecule has 1 aliphatic rings. The number of nitrogens with zero attached hydrogens (tertiary/aromatic N) is 2.